The van der Waals surface area contributed by atoms with Gasteiger partial charge in [0.15, 0.2) is 11.5 Å². The van der Waals surface area contributed by atoms with Crippen LogP contribution in [0.1, 0.15) is 16.2 Å². The van der Waals surface area contributed by atoms with E-state index >= 15 is 0 Å². The number of nitrogens with zero attached hydrogens (tertiary/aromatic N) is 3. The minimum Gasteiger partial charge on any atom is -0.347 e. The average molecular weight is 435 g/mol. The van der Waals surface area contributed by atoms with Crippen molar-refractivity contribution in [2.45, 2.75) is 6.54 Å². The minimum atomic E-state index is -0.290. The molecule has 24 heavy (non-hydrogen) atoms. The number of hydrogen-bond donors (Lipinski definition) is 2. The van der Waals surface area contributed by atoms with Gasteiger partial charge in [0.05, 0.1) is 18.7 Å². The van der Waals surface area contributed by atoms with Gasteiger partial charge in [-0.25, -0.2) is 0 Å². The third kappa shape index (κ3) is 3.70. The number of carbonyl (C=O) groups excluding carboxylic acids is 2. The first-order chi connectivity index (χ1) is 11.6. The normalized spacial score (nSPS) is 10.5. The minimum absolute atomic E-state index is 0.0967. The van der Waals surface area contributed by atoms with E-state index in [0.29, 0.717) is 17.0 Å². The Hall–Kier alpha value is -2.49. The van der Waals surface area contributed by atoms with E-state index in [0.717, 1.165) is 3.57 Å². The van der Waals surface area contributed by atoms with Crippen LogP contribution in [0.4, 0.5) is 0 Å². The van der Waals surface area contributed by atoms with E-state index in [1.165, 1.54) is 0 Å². The lowest BCUT2D eigenvalue weighted by Crippen LogP contribution is -2.37. The van der Waals surface area contributed by atoms with Crippen LogP contribution in [-0.2, 0) is 11.3 Å². The molecule has 7 nitrogen and oxygen atoms in total. The first kappa shape index (κ1) is 16.4. The largest absolute Gasteiger partial charge is 0.347 e. The van der Waals surface area contributed by atoms with Crippen molar-refractivity contribution in [2.24, 2.45) is 0 Å². The topological polar surface area (TPSA) is 88.4 Å². The van der Waals surface area contributed by atoms with E-state index in [4.69, 9.17) is 0 Å². The summed E-state index contributed by atoms with van der Waals surface area (Å²) in [6.07, 6.45) is 1.83. The fourth-order valence-electron chi connectivity index (χ4n) is 2.15. The molecule has 2 N–H and O–H groups in total. The van der Waals surface area contributed by atoms with E-state index in [1.807, 2.05) is 36.5 Å². The molecule has 0 atom stereocenters. The molecule has 0 spiro atoms. The SMILES string of the molecule is O=C(CNC(=O)c1ccccc1I)NCc1nnc2ccccn12. The van der Waals surface area contributed by atoms with Crippen molar-refractivity contribution in [1.82, 2.24) is 25.2 Å². The van der Waals surface area contributed by atoms with Crippen LogP contribution in [0.15, 0.2) is 48.7 Å². The fourth-order valence-corrected chi connectivity index (χ4v) is 2.79. The lowest BCUT2D eigenvalue weighted by atomic mass is 10.2. The lowest BCUT2D eigenvalue weighted by molar-refractivity contribution is -0.120. The molecule has 2 amide bonds. The maximum Gasteiger partial charge on any atom is 0.252 e. The number of carbonyl (C=O) groups is 2. The van der Waals surface area contributed by atoms with Crippen molar-refractivity contribution >= 4 is 40.1 Å². The van der Waals surface area contributed by atoms with E-state index in [2.05, 4.69) is 43.4 Å². The van der Waals surface area contributed by atoms with Gasteiger partial charge in [0.2, 0.25) is 5.91 Å². The molecule has 0 fully saturated rings. The highest BCUT2D eigenvalue weighted by atomic mass is 127. The Morgan fingerprint density at radius 1 is 1.04 bits per heavy atom. The summed E-state index contributed by atoms with van der Waals surface area (Å²) in [5.74, 6) is 0.0629. The van der Waals surface area contributed by atoms with Crippen molar-refractivity contribution in [3.05, 3.63) is 63.6 Å². The first-order valence-electron chi connectivity index (χ1n) is 7.23. The quantitative estimate of drug-likeness (QED) is 0.593. The zero-order chi connectivity index (χ0) is 16.9. The second-order valence-electron chi connectivity index (χ2n) is 4.98. The van der Waals surface area contributed by atoms with Gasteiger partial charge in [-0.15, -0.1) is 10.2 Å². The monoisotopic (exact) mass is 435 g/mol. The van der Waals surface area contributed by atoms with Crippen molar-refractivity contribution < 1.29 is 9.59 Å². The van der Waals surface area contributed by atoms with Gasteiger partial charge < -0.3 is 10.6 Å². The van der Waals surface area contributed by atoms with E-state index < -0.39 is 0 Å². The Balaban J connectivity index is 1.53. The number of rotatable bonds is 5. The van der Waals surface area contributed by atoms with Crippen LogP contribution in [0.2, 0.25) is 0 Å². The predicted molar refractivity (Wildman–Crippen MR) is 96.3 cm³/mol. The van der Waals surface area contributed by atoms with Gasteiger partial charge in [-0.2, -0.15) is 0 Å². The Morgan fingerprint density at radius 2 is 1.83 bits per heavy atom. The van der Waals surface area contributed by atoms with Gasteiger partial charge in [-0.1, -0.05) is 18.2 Å². The summed E-state index contributed by atoms with van der Waals surface area (Å²) >= 11 is 2.08. The summed E-state index contributed by atoms with van der Waals surface area (Å²) in [4.78, 5) is 24.0. The fraction of sp³-hybridized carbons (Fsp3) is 0.125. The summed E-state index contributed by atoms with van der Waals surface area (Å²) < 4.78 is 2.63. The van der Waals surface area contributed by atoms with Gasteiger partial charge >= 0.3 is 0 Å². The molecular formula is C16H14IN5O2. The molecule has 3 rings (SSSR count). The Kier molecular flexibility index (Phi) is 5.04. The number of pyridine rings is 1. The zero-order valence-corrected chi connectivity index (χ0v) is 14.7. The summed E-state index contributed by atoms with van der Waals surface area (Å²) in [6, 6.07) is 12.8. The number of amides is 2. The Bertz CT molecular complexity index is 893. The number of nitrogens with one attached hydrogen (secondary N) is 2. The lowest BCUT2D eigenvalue weighted by Gasteiger charge is -2.07. The third-order valence-electron chi connectivity index (χ3n) is 3.36. The molecule has 2 heterocycles. The molecule has 0 radical (unpaired) electrons. The first-order valence-corrected chi connectivity index (χ1v) is 8.31. The maximum absolute atomic E-state index is 12.1. The molecule has 3 aromatic rings. The van der Waals surface area contributed by atoms with Gasteiger partial charge in [0.1, 0.15) is 0 Å². The maximum atomic E-state index is 12.1. The summed E-state index contributed by atoms with van der Waals surface area (Å²) in [6.45, 7) is 0.142. The van der Waals surface area contributed by atoms with Crippen LogP contribution in [0.25, 0.3) is 5.65 Å². The molecule has 0 unspecified atom stereocenters. The van der Waals surface area contributed by atoms with E-state index in [1.54, 1.807) is 16.5 Å². The number of benzene rings is 1. The highest BCUT2D eigenvalue weighted by Crippen LogP contribution is 2.10. The van der Waals surface area contributed by atoms with Gasteiger partial charge in [0, 0.05) is 9.77 Å². The number of halogens is 1. The van der Waals surface area contributed by atoms with Crippen LogP contribution >= 0.6 is 22.6 Å². The van der Waals surface area contributed by atoms with Crippen molar-refractivity contribution in [3.8, 4) is 0 Å². The smallest absolute Gasteiger partial charge is 0.252 e. The van der Waals surface area contributed by atoms with Crippen molar-refractivity contribution in [2.75, 3.05) is 6.54 Å². The standard InChI is InChI=1S/C16H14IN5O2/c17-12-6-2-1-5-11(12)16(24)19-10-15(23)18-9-14-21-20-13-7-3-4-8-22(13)14/h1-8H,9-10H2,(H,18,23)(H,19,24). The molecule has 2 aromatic heterocycles. The molecule has 0 aliphatic rings. The zero-order valence-electron chi connectivity index (χ0n) is 12.6. The molecule has 122 valence electrons. The third-order valence-corrected chi connectivity index (χ3v) is 4.30. The van der Waals surface area contributed by atoms with E-state index in [9.17, 15) is 9.59 Å². The van der Waals surface area contributed by atoms with Gasteiger partial charge in [-0.05, 0) is 46.9 Å². The highest BCUT2D eigenvalue weighted by Gasteiger charge is 2.11. The Morgan fingerprint density at radius 3 is 2.67 bits per heavy atom. The number of fused-ring (bicyclic) bond motifs is 1. The second-order valence-corrected chi connectivity index (χ2v) is 6.15. The summed E-state index contributed by atoms with van der Waals surface area (Å²) in [5.41, 5.74) is 1.27. The van der Waals surface area contributed by atoms with Crippen LogP contribution in [0.3, 0.4) is 0 Å². The highest BCUT2D eigenvalue weighted by molar-refractivity contribution is 14.1. The molecule has 0 aliphatic carbocycles. The summed E-state index contributed by atoms with van der Waals surface area (Å²) in [7, 11) is 0. The van der Waals surface area contributed by atoms with Crippen LogP contribution in [-0.4, -0.2) is 33.0 Å². The van der Waals surface area contributed by atoms with Gasteiger partial charge in [-0.3, -0.25) is 14.0 Å². The summed E-state index contributed by atoms with van der Waals surface area (Å²) in [5, 5.41) is 13.4. The van der Waals surface area contributed by atoms with Crippen LogP contribution < -0.4 is 10.6 Å². The second kappa shape index (κ2) is 7.39. The van der Waals surface area contributed by atoms with E-state index in [-0.39, 0.29) is 24.9 Å². The van der Waals surface area contributed by atoms with Gasteiger partial charge in [0.25, 0.3) is 5.91 Å². The number of hydrogen-bond acceptors (Lipinski definition) is 4. The molecular weight excluding hydrogens is 421 g/mol. The molecule has 0 bridgehead atoms. The van der Waals surface area contributed by atoms with Crippen LogP contribution in [0, 0.1) is 3.57 Å². The number of aromatic nitrogens is 3. The predicted octanol–water partition coefficient (Wildman–Crippen LogP) is 1.38. The van der Waals surface area contributed by atoms with Crippen LogP contribution in [0.5, 0.6) is 0 Å². The molecule has 1 aromatic carbocycles. The molecule has 0 saturated carbocycles. The Labute approximate surface area is 151 Å². The average Bonchev–Trinajstić information content (AvgIpc) is 3.01. The molecule has 0 saturated heterocycles. The molecule has 8 heteroatoms. The molecule has 0 aliphatic heterocycles. The van der Waals surface area contributed by atoms with Crippen molar-refractivity contribution in [3.63, 3.8) is 0 Å². The van der Waals surface area contributed by atoms with Crippen molar-refractivity contribution in [1.29, 1.82) is 0 Å².